The summed E-state index contributed by atoms with van der Waals surface area (Å²) in [5.74, 6) is 2.47. The molecule has 1 heterocycles. The minimum Gasteiger partial charge on any atom is -0.492 e. The van der Waals surface area contributed by atoms with Crippen molar-refractivity contribution in [2.24, 2.45) is 0 Å². The number of likely N-dealkylation sites (N-methyl/N-ethyl adjacent to an activating group) is 1. The van der Waals surface area contributed by atoms with Gasteiger partial charge in [-0.05, 0) is 72.6 Å². The first-order valence-corrected chi connectivity index (χ1v) is 10.7. The van der Waals surface area contributed by atoms with Crippen LogP contribution in [0, 0.1) is 0 Å². The predicted molar refractivity (Wildman–Crippen MR) is 126 cm³/mol. The maximum absolute atomic E-state index is 5.89. The average Bonchev–Trinajstić information content (AvgIpc) is 3.26. The lowest BCUT2D eigenvalue weighted by Crippen LogP contribution is -2.19. The molecule has 0 unspecified atom stereocenters. The fourth-order valence-corrected chi connectivity index (χ4v) is 3.80. The SMILES string of the molecule is CC/C(=C(/c1ccc(OCCN(C)C)cc1)c1ccc2c(c1)OCO2)c1ccccc1. The van der Waals surface area contributed by atoms with Gasteiger partial charge in [-0.25, -0.2) is 0 Å². The van der Waals surface area contributed by atoms with Crippen molar-refractivity contribution >= 4 is 11.1 Å². The highest BCUT2D eigenvalue weighted by molar-refractivity contribution is 5.99. The molecule has 4 nitrogen and oxygen atoms in total. The zero-order valence-electron chi connectivity index (χ0n) is 18.4. The van der Waals surface area contributed by atoms with E-state index in [4.69, 9.17) is 14.2 Å². The fourth-order valence-electron chi connectivity index (χ4n) is 3.80. The first-order chi connectivity index (χ1) is 15.2. The van der Waals surface area contributed by atoms with Crippen molar-refractivity contribution in [3.8, 4) is 17.2 Å². The molecule has 0 amide bonds. The normalized spacial score (nSPS) is 13.3. The Balaban J connectivity index is 1.75. The summed E-state index contributed by atoms with van der Waals surface area (Å²) in [6.07, 6.45) is 0.912. The second-order valence-corrected chi connectivity index (χ2v) is 7.82. The zero-order valence-corrected chi connectivity index (χ0v) is 18.4. The molecule has 1 aliphatic rings. The summed E-state index contributed by atoms with van der Waals surface area (Å²) in [4.78, 5) is 2.11. The molecule has 3 aromatic rings. The number of nitrogens with zero attached hydrogens (tertiary/aromatic N) is 1. The van der Waals surface area contributed by atoms with Crippen molar-refractivity contribution < 1.29 is 14.2 Å². The van der Waals surface area contributed by atoms with Gasteiger partial charge in [-0.2, -0.15) is 0 Å². The highest BCUT2D eigenvalue weighted by Gasteiger charge is 2.18. The van der Waals surface area contributed by atoms with Crippen molar-refractivity contribution in [1.29, 1.82) is 0 Å². The van der Waals surface area contributed by atoms with Gasteiger partial charge in [0.25, 0.3) is 0 Å². The lowest BCUT2D eigenvalue weighted by atomic mass is 9.88. The van der Waals surface area contributed by atoms with E-state index in [-0.39, 0.29) is 6.79 Å². The van der Waals surface area contributed by atoms with E-state index < -0.39 is 0 Å². The number of fused-ring (bicyclic) bond motifs is 1. The maximum atomic E-state index is 5.89. The van der Waals surface area contributed by atoms with Crippen LogP contribution < -0.4 is 14.2 Å². The van der Waals surface area contributed by atoms with E-state index in [1.807, 2.05) is 20.2 Å². The van der Waals surface area contributed by atoms with Gasteiger partial charge in [0.05, 0.1) is 0 Å². The first kappa shape index (κ1) is 21.0. The molecule has 0 fully saturated rings. The van der Waals surface area contributed by atoms with E-state index in [1.165, 1.54) is 16.7 Å². The van der Waals surface area contributed by atoms with Crippen LogP contribution in [-0.4, -0.2) is 38.9 Å². The van der Waals surface area contributed by atoms with Gasteiger partial charge in [0.1, 0.15) is 12.4 Å². The highest BCUT2D eigenvalue weighted by atomic mass is 16.7. The zero-order chi connectivity index (χ0) is 21.6. The molecule has 160 valence electrons. The molecule has 0 saturated carbocycles. The fraction of sp³-hybridized carbons (Fsp3) is 0.259. The Morgan fingerprint density at radius 1 is 0.839 bits per heavy atom. The Kier molecular flexibility index (Phi) is 6.58. The van der Waals surface area contributed by atoms with Crippen LogP contribution >= 0.6 is 0 Å². The van der Waals surface area contributed by atoms with Crippen LogP contribution in [0.2, 0.25) is 0 Å². The molecule has 0 aliphatic carbocycles. The summed E-state index contributed by atoms with van der Waals surface area (Å²) in [7, 11) is 4.09. The maximum Gasteiger partial charge on any atom is 0.231 e. The third-order valence-corrected chi connectivity index (χ3v) is 5.39. The van der Waals surface area contributed by atoms with Gasteiger partial charge < -0.3 is 19.1 Å². The van der Waals surface area contributed by atoms with Crippen molar-refractivity contribution in [3.63, 3.8) is 0 Å². The predicted octanol–water partition coefficient (Wildman–Crippen LogP) is 5.72. The minimum atomic E-state index is 0.274. The largest absolute Gasteiger partial charge is 0.492 e. The number of allylic oxidation sites excluding steroid dienone is 1. The van der Waals surface area contributed by atoms with Crippen LogP contribution in [0.3, 0.4) is 0 Å². The van der Waals surface area contributed by atoms with E-state index in [1.54, 1.807) is 0 Å². The molecular formula is C27H29NO3. The molecule has 0 atom stereocenters. The van der Waals surface area contributed by atoms with Gasteiger partial charge in [0, 0.05) is 6.54 Å². The van der Waals surface area contributed by atoms with Gasteiger partial charge >= 0.3 is 0 Å². The van der Waals surface area contributed by atoms with Crippen molar-refractivity contribution in [2.75, 3.05) is 34.0 Å². The summed E-state index contributed by atoms with van der Waals surface area (Å²) >= 11 is 0. The number of ether oxygens (including phenoxy) is 3. The molecule has 1 aliphatic heterocycles. The highest BCUT2D eigenvalue weighted by Crippen LogP contribution is 2.40. The number of hydrogen-bond donors (Lipinski definition) is 0. The van der Waals surface area contributed by atoms with Crippen LogP contribution in [0.15, 0.2) is 72.8 Å². The third kappa shape index (κ3) is 4.92. The van der Waals surface area contributed by atoms with Crippen molar-refractivity contribution in [3.05, 3.63) is 89.5 Å². The second-order valence-electron chi connectivity index (χ2n) is 7.82. The minimum absolute atomic E-state index is 0.274. The standard InChI is InChI=1S/C27H29NO3/c1-4-24(20-8-6-5-7-9-20)27(22-12-15-25-26(18-22)31-19-30-25)21-10-13-23(14-11-21)29-17-16-28(2)3/h5-15,18H,4,16-17,19H2,1-3H3/b27-24+. The van der Waals surface area contributed by atoms with Crippen LogP contribution in [0.25, 0.3) is 11.1 Å². The molecule has 4 heteroatoms. The molecule has 0 N–H and O–H groups in total. The van der Waals surface area contributed by atoms with Gasteiger partial charge in [-0.3, -0.25) is 0 Å². The van der Waals surface area contributed by atoms with E-state index in [0.29, 0.717) is 6.61 Å². The average molecular weight is 416 g/mol. The van der Waals surface area contributed by atoms with Gasteiger partial charge in [0.2, 0.25) is 6.79 Å². The van der Waals surface area contributed by atoms with Crippen LogP contribution in [-0.2, 0) is 0 Å². The number of rotatable bonds is 8. The second kappa shape index (κ2) is 9.71. The van der Waals surface area contributed by atoms with E-state index in [2.05, 4.69) is 78.6 Å². The Morgan fingerprint density at radius 3 is 2.26 bits per heavy atom. The monoisotopic (exact) mass is 415 g/mol. The number of benzene rings is 3. The lowest BCUT2D eigenvalue weighted by molar-refractivity contribution is 0.174. The molecule has 0 aromatic heterocycles. The number of hydrogen-bond acceptors (Lipinski definition) is 4. The molecule has 0 spiro atoms. The van der Waals surface area contributed by atoms with Crippen LogP contribution in [0.1, 0.15) is 30.0 Å². The van der Waals surface area contributed by atoms with Gasteiger partial charge in [-0.1, -0.05) is 55.5 Å². The van der Waals surface area contributed by atoms with E-state index in [0.717, 1.165) is 41.3 Å². The summed E-state index contributed by atoms with van der Waals surface area (Å²) in [6, 6.07) is 25.1. The molecule has 0 bridgehead atoms. The molecule has 3 aromatic carbocycles. The molecular weight excluding hydrogens is 386 g/mol. The Labute approximate surface area is 184 Å². The molecule has 4 rings (SSSR count). The van der Waals surface area contributed by atoms with Gasteiger partial charge in [0.15, 0.2) is 11.5 Å². The van der Waals surface area contributed by atoms with Gasteiger partial charge in [-0.15, -0.1) is 0 Å². The summed E-state index contributed by atoms with van der Waals surface area (Å²) in [6.45, 7) is 4.03. The Hall–Kier alpha value is -3.24. The smallest absolute Gasteiger partial charge is 0.231 e. The van der Waals surface area contributed by atoms with Crippen molar-refractivity contribution in [2.45, 2.75) is 13.3 Å². The Bertz CT molecular complexity index is 1040. The van der Waals surface area contributed by atoms with E-state index >= 15 is 0 Å². The Morgan fingerprint density at radius 2 is 1.55 bits per heavy atom. The summed E-state index contributed by atoms with van der Waals surface area (Å²) < 4.78 is 17.1. The molecule has 0 radical (unpaired) electrons. The topological polar surface area (TPSA) is 30.9 Å². The summed E-state index contributed by atoms with van der Waals surface area (Å²) in [5.41, 5.74) is 5.99. The first-order valence-electron chi connectivity index (χ1n) is 10.7. The van der Waals surface area contributed by atoms with E-state index in [9.17, 15) is 0 Å². The molecule has 31 heavy (non-hydrogen) atoms. The summed E-state index contributed by atoms with van der Waals surface area (Å²) in [5, 5.41) is 0. The quantitative estimate of drug-likeness (QED) is 0.440. The molecule has 0 saturated heterocycles. The lowest BCUT2D eigenvalue weighted by Gasteiger charge is -2.17. The van der Waals surface area contributed by atoms with Crippen molar-refractivity contribution in [1.82, 2.24) is 4.90 Å². The third-order valence-electron chi connectivity index (χ3n) is 5.39. The van der Waals surface area contributed by atoms with Crippen LogP contribution in [0.5, 0.6) is 17.2 Å². The van der Waals surface area contributed by atoms with Crippen LogP contribution in [0.4, 0.5) is 0 Å².